The van der Waals surface area contributed by atoms with Crippen molar-refractivity contribution in [2.24, 2.45) is 23.7 Å². The lowest BCUT2D eigenvalue weighted by Gasteiger charge is -2.29. The zero-order chi connectivity index (χ0) is 101. The van der Waals surface area contributed by atoms with Crippen molar-refractivity contribution >= 4 is 159 Å². The van der Waals surface area contributed by atoms with E-state index in [4.69, 9.17) is 41.9 Å². The summed E-state index contributed by atoms with van der Waals surface area (Å²) < 4.78 is 22.0. The highest BCUT2D eigenvalue weighted by Crippen LogP contribution is 2.57. The molecule has 728 valence electrons. The summed E-state index contributed by atoms with van der Waals surface area (Å²) in [5, 5.41) is 109. The first-order chi connectivity index (χ1) is 66.4. The molecule has 12 aromatic rings. The maximum Gasteiger partial charge on any atom is 0.416 e. The molecule has 28 heteroatoms. The van der Waals surface area contributed by atoms with E-state index in [1.807, 2.05) is 88.4 Å². The summed E-state index contributed by atoms with van der Waals surface area (Å²) in [5.41, 5.74) is 37.1. The number of nitrogen functional groups attached to an aromatic ring is 4. The smallest absolute Gasteiger partial charge is 0.416 e. The molecule has 12 aromatic carbocycles. The molecule has 142 heavy (non-hydrogen) atoms. The number of phenolic OH excluding ortho intramolecular Hbond substituents is 4. The van der Waals surface area contributed by atoms with Crippen LogP contribution in [0.2, 0.25) is 0 Å². The van der Waals surface area contributed by atoms with Crippen LogP contribution in [0.3, 0.4) is 0 Å². The summed E-state index contributed by atoms with van der Waals surface area (Å²) in [7, 11) is 0. The van der Waals surface area contributed by atoms with Gasteiger partial charge in [-0.3, -0.25) is 40.4 Å². The fourth-order valence-electron chi connectivity index (χ4n) is 18.7. The molecule has 0 bridgehead atoms. The predicted octanol–water partition coefficient (Wildman–Crippen LogP) is 25.6. The summed E-state index contributed by atoms with van der Waals surface area (Å²) in [4.78, 5) is 110. The van der Waals surface area contributed by atoms with Crippen LogP contribution in [0.5, 0.6) is 23.0 Å². The summed E-state index contributed by atoms with van der Waals surface area (Å²) in [6.45, 7) is 28.2. The number of anilines is 8. The third-order valence-electron chi connectivity index (χ3n) is 25.6. The number of carbonyl (C=O) groups excluding carboxylic acids is 8. The van der Waals surface area contributed by atoms with Gasteiger partial charge in [0.05, 0.1) is 33.7 Å². The number of nitrogens with two attached hydrogens (primary N) is 4. The van der Waals surface area contributed by atoms with Gasteiger partial charge in [0, 0.05) is 122 Å². The van der Waals surface area contributed by atoms with Gasteiger partial charge in [0.15, 0.2) is 23.0 Å². The number of fused-ring (bicyclic) bond motifs is 6. The predicted molar refractivity (Wildman–Crippen MR) is 561 cm³/mol. The molecule has 4 aliphatic rings. The molecule has 0 radical (unpaired) electrons. The third-order valence-corrected chi connectivity index (χ3v) is 25.6. The highest BCUT2D eigenvalue weighted by atomic mass is 16.6. The third kappa shape index (κ3) is 18.7. The molecule has 0 unspecified atom stereocenters. The molecular weight excluding hydrogens is 1800 g/mol. The second kappa shape index (κ2) is 40.2. The number of ketones is 4. The van der Waals surface area contributed by atoms with Gasteiger partial charge in [0.1, 0.15) is 48.0 Å². The van der Waals surface area contributed by atoms with Crippen molar-refractivity contribution in [1.82, 2.24) is 0 Å². The highest BCUT2D eigenvalue weighted by molar-refractivity contribution is 6.37. The first-order valence-electron chi connectivity index (χ1n) is 45.0. The Morgan fingerprint density at radius 1 is 0.268 bits per heavy atom. The molecule has 4 aliphatic carbocycles. The van der Waals surface area contributed by atoms with Crippen LogP contribution in [-0.2, 0) is 38.1 Å². The number of phenols is 4. The molecular formula is C114H112N8O20. The standard InChI is InChI=1S/C60H58N4O10.C52H46N4O10.2CH4/c1-27(2)47-39-23-33(9)49(55(67)51(39)41(53(65)57(47)69)25-73-59(71)63-45-17-13-37(21-31(45)7)35-11-15-43(61)29(5)19-35)50-34(10)24-40-48(28(3)4)58(70)54(66)42(52(40)56(50)68)26-74-60(72)64-46-18-14-38(22-32(46)8)36-12-16-44(62)30(6)20-36;1-23(2)39-31-19-25(5)41(47(59)43(31)33(45(57)49(39)61)21-65-51(63)55-37-17-9-11-27-29(37)13-7-15-35(27)53)42-26(6)20-32-40(24(3)4)50(62)46(58)34(44(32)48(42)60)22-66-52(64)56-38-18-10-12-28-30(38)14-8-16-36(28)54;;/h11-28,67-70H,61-62H2,1-10H3,(H,63,71)(H,64,72);7-24,59-62H,53-54H2,1-6H3,(H,55,63)(H,56,64);2*1H4/b41-25-,42-26-;33-21-,34-22-;;. The molecule has 0 heterocycles. The molecule has 0 aliphatic heterocycles. The number of aliphatic hydroxyl groups is 4. The van der Waals surface area contributed by atoms with Gasteiger partial charge < -0.3 is 82.7 Å². The minimum atomic E-state index is -0.987. The van der Waals surface area contributed by atoms with Crippen molar-refractivity contribution in [3.05, 3.63) is 307 Å². The lowest BCUT2D eigenvalue weighted by molar-refractivity contribution is -0.113. The number of rotatable bonds is 16. The fourth-order valence-corrected chi connectivity index (χ4v) is 18.7. The monoisotopic (exact) mass is 1910 g/mol. The lowest BCUT2D eigenvalue weighted by atomic mass is 9.75. The second-order valence-corrected chi connectivity index (χ2v) is 36.3. The van der Waals surface area contributed by atoms with Crippen LogP contribution in [-0.4, -0.2) is 88.4 Å². The largest absolute Gasteiger partial charge is 0.507 e. The average Bonchev–Trinajstić information content (AvgIpc) is 0.718. The Bertz CT molecular complexity index is 7270. The molecule has 0 aromatic heterocycles. The van der Waals surface area contributed by atoms with Crippen LogP contribution < -0.4 is 44.2 Å². The number of aryl methyl sites for hydroxylation is 8. The number of aliphatic hydroxyl groups excluding tert-OH is 4. The van der Waals surface area contributed by atoms with E-state index in [2.05, 4.69) is 21.3 Å². The van der Waals surface area contributed by atoms with Crippen LogP contribution in [0, 0.1) is 79.1 Å². The average molecular weight is 1910 g/mol. The maximum absolute atomic E-state index is 14.1. The van der Waals surface area contributed by atoms with Crippen molar-refractivity contribution in [3.63, 3.8) is 0 Å². The molecule has 16 rings (SSSR count). The molecule has 28 nitrogen and oxygen atoms in total. The van der Waals surface area contributed by atoms with E-state index >= 15 is 0 Å². The van der Waals surface area contributed by atoms with Crippen molar-refractivity contribution in [3.8, 4) is 67.5 Å². The van der Waals surface area contributed by atoms with Crippen molar-refractivity contribution in [1.29, 1.82) is 0 Å². The van der Waals surface area contributed by atoms with E-state index in [-0.39, 0.29) is 126 Å². The van der Waals surface area contributed by atoms with E-state index in [0.717, 1.165) is 58.4 Å². The van der Waals surface area contributed by atoms with Crippen LogP contribution in [0.1, 0.15) is 159 Å². The number of hydrogen-bond donors (Lipinski definition) is 16. The number of benzene rings is 12. The normalized spacial score (nSPS) is 14.5. The Kier molecular flexibility index (Phi) is 28.9. The van der Waals surface area contributed by atoms with Crippen molar-refractivity contribution < 1.29 is 98.2 Å². The number of amides is 4. The number of Topliss-reactive ketones (excluding diaryl/α,β-unsaturated/α-hetero) is 4. The van der Waals surface area contributed by atoms with Gasteiger partial charge in [0.2, 0.25) is 23.1 Å². The lowest BCUT2D eigenvalue weighted by Crippen LogP contribution is -2.20. The molecule has 0 fully saturated rings. The van der Waals surface area contributed by atoms with Crippen LogP contribution in [0.15, 0.2) is 218 Å². The van der Waals surface area contributed by atoms with E-state index < -0.39 is 117 Å². The topological polar surface area (TPSA) is 488 Å². The molecule has 0 saturated carbocycles. The van der Waals surface area contributed by atoms with Gasteiger partial charge in [-0.1, -0.05) is 167 Å². The van der Waals surface area contributed by atoms with Gasteiger partial charge in [-0.2, -0.15) is 0 Å². The molecule has 0 saturated heterocycles. The molecule has 0 atom stereocenters. The number of ether oxygens (including phenoxy) is 4. The summed E-state index contributed by atoms with van der Waals surface area (Å²) in [6, 6.07) is 49.6. The first kappa shape index (κ1) is 102. The van der Waals surface area contributed by atoms with E-state index in [1.165, 1.54) is 0 Å². The Balaban J connectivity index is 0.000000237. The molecule has 0 spiro atoms. The Morgan fingerprint density at radius 3 is 0.732 bits per heavy atom. The van der Waals surface area contributed by atoms with Gasteiger partial charge in [0.25, 0.3) is 0 Å². The van der Waals surface area contributed by atoms with Crippen molar-refractivity contribution in [2.75, 3.05) is 44.2 Å². The number of carbonyl (C=O) groups is 8. The van der Waals surface area contributed by atoms with Gasteiger partial charge >= 0.3 is 24.4 Å². The minimum Gasteiger partial charge on any atom is -0.507 e. The number of aromatic hydroxyl groups is 4. The maximum atomic E-state index is 14.1. The van der Waals surface area contributed by atoms with E-state index in [0.29, 0.717) is 100 Å². The van der Waals surface area contributed by atoms with Crippen LogP contribution >= 0.6 is 0 Å². The summed E-state index contributed by atoms with van der Waals surface area (Å²) in [6.07, 6.45) is -0.479. The fraction of sp³-hybridized carbons (Fsp3) is 0.193. The van der Waals surface area contributed by atoms with Crippen molar-refractivity contribution in [2.45, 2.75) is 126 Å². The van der Waals surface area contributed by atoms with Crippen LogP contribution in [0.25, 0.3) is 111 Å². The zero-order valence-electron chi connectivity index (χ0n) is 79.6. The second-order valence-electron chi connectivity index (χ2n) is 36.3. The van der Waals surface area contributed by atoms with E-state index in [9.17, 15) is 79.2 Å². The number of nitrogens with one attached hydrogen (secondary N) is 4. The minimum absolute atomic E-state index is 0. The molecule has 20 N–H and O–H groups in total. The summed E-state index contributed by atoms with van der Waals surface area (Å²) >= 11 is 0. The number of allylic oxidation sites excluding steroid dienone is 8. The quantitative estimate of drug-likeness (QED) is 0.0185. The summed E-state index contributed by atoms with van der Waals surface area (Å²) in [5.74, 6) is -9.88. The zero-order valence-corrected chi connectivity index (χ0v) is 79.6. The Morgan fingerprint density at radius 2 is 0.493 bits per heavy atom. The Hall–Kier alpha value is -17.6. The van der Waals surface area contributed by atoms with Gasteiger partial charge in [-0.05, 0) is 241 Å². The molecule has 4 amide bonds. The highest BCUT2D eigenvalue weighted by Gasteiger charge is 2.43. The Labute approximate surface area is 820 Å². The van der Waals surface area contributed by atoms with Gasteiger partial charge in [-0.15, -0.1) is 0 Å². The first-order valence-corrected chi connectivity index (χ1v) is 45.0. The van der Waals surface area contributed by atoms with E-state index in [1.54, 1.807) is 192 Å². The SMILES string of the molecule is C.C.Cc1cc(-c2ccc(NC(=O)O/C=C3\C(=O)C(O)=C(C(C)C)c4cc(C)c(-c5c(C)cc6c(c5O)/C(=C/OC(=O)Nc5ccc(-c7ccc(N)c(C)c7)cc5C)C(=O)C(O)=C6C(C)C)c(O)c43)c(C)c2)ccc1N.Cc1cc2c(c(O)c1-c1c(C)cc3c(c1O)/C(=C/OC(=O)Nc1cccc4c(N)cccc14)C(=O)C(O)=C3C(C)C)/C(=C/OC(=O)Nc1cccc3c(N)cccc13)C(=O)C(O)=C2C(C)C. The van der Waals surface area contributed by atoms with Crippen LogP contribution in [0.4, 0.5) is 64.7 Å². The number of hydrogen-bond acceptors (Lipinski definition) is 24. The van der Waals surface area contributed by atoms with Gasteiger partial charge in [-0.25, -0.2) is 19.2 Å².